The van der Waals surface area contributed by atoms with Gasteiger partial charge in [0.15, 0.2) is 5.65 Å². The predicted molar refractivity (Wildman–Crippen MR) is 153 cm³/mol. The van der Waals surface area contributed by atoms with Gasteiger partial charge in [0.25, 0.3) is 5.91 Å². The molecule has 1 atom stereocenters. The number of ether oxygens (including phenoxy) is 1. The monoisotopic (exact) mass is 529 g/mol. The number of hydrogen-bond donors (Lipinski definition) is 5. The summed E-state index contributed by atoms with van der Waals surface area (Å²) in [6.07, 6.45) is 1.83. The number of H-pyrrole nitrogens is 1. The topological polar surface area (TPSA) is 141 Å². The minimum Gasteiger partial charge on any atom is -0.392 e. The largest absolute Gasteiger partial charge is 0.392 e. The van der Waals surface area contributed by atoms with Crippen molar-refractivity contribution in [3.63, 3.8) is 0 Å². The summed E-state index contributed by atoms with van der Waals surface area (Å²) in [6, 6.07) is 14.2. The van der Waals surface area contributed by atoms with Crippen LogP contribution in [-0.2, 0) is 17.7 Å². The van der Waals surface area contributed by atoms with E-state index in [0.29, 0.717) is 35.8 Å². The highest BCUT2D eigenvalue weighted by Gasteiger charge is 2.20. The number of primary amides is 1. The Labute approximate surface area is 227 Å². The number of benzene rings is 2. The fourth-order valence-corrected chi connectivity index (χ4v) is 4.94. The number of rotatable bonds is 10. The van der Waals surface area contributed by atoms with E-state index in [-0.39, 0.29) is 5.56 Å². The molecule has 1 amide bonds. The van der Waals surface area contributed by atoms with Crippen LogP contribution in [0.1, 0.15) is 35.3 Å². The van der Waals surface area contributed by atoms with Crippen molar-refractivity contribution in [2.75, 3.05) is 43.1 Å². The zero-order valence-electron chi connectivity index (χ0n) is 22.3. The molecule has 3 heterocycles. The summed E-state index contributed by atoms with van der Waals surface area (Å²) < 4.78 is 5.46. The van der Waals surface area contributed by atoms with Gasteiger partial charge in [-0.05, 0) is 54.8 Å². The van der Waals surface area contributed by atoms with Gasteiger partial charge in [0.05, 0.1) is 30.6 Å². The second kappa shape index (κ2) is 11.8. The number of pyridine rings is 1. The summed E-state index contributed by atoms with van der Waals surface area (Å²) >= 11 is 0. The number of amides is 1. The standard InChI is InChI=1S/C29H35N7O3/c1-3-22-20(16-31-15-18(2)37)5-4-6-24(22)33-25-23(27(30)38)17-32-29-26(25)34-28(35-29)19-7-9-21(10-8-19)36-11-13-39-14-12-36/h4-10,17-18,31,37H,3,11-16H2,1-2H3,(H2,30,38)(H2,32,33,34,35). The minimum atomic E-state index is -0.584. The molecule has 1 aliphatic rings. The van der Waals surface area contributed by atoms with Crippen molar-refractivity contribution in [2.24, 2.45) is 5.73 Å². The van der Waals surface area contributed by atoms with Crippen LogP contribution in [0.4, 0.5) is 17.1 Å². The van der Waals surface area contributed by atoms with Gasteiger partial charge in [-0.25, -0.2) is 9.97 Å². The molecule has 0 saturated carbocycles. The highest BCUT2D eigenvalue weighted by atomic mass is 16.5. The lowest BCUT2D eigenvalue weighted by atomic mass is 10.0. The number of anilines is 3. The zero-order valence-corrected chi connectivity index (χ0v) is 22.3. The lowest BCUT2D eigenvalue weighted by molar-refractivity contribution is 0.100. The number of aromatic amines is 1. The number of imidazole rings is 1. The van der Waals surface area contributed by atoms with Gasteiger partial charge in [-0.3, -0.25) is 4.79 Å². The van der Waals surface area contributed by atoms with Crippen molar-refractivity contribution in [2.45, 2.75) is 32.9 Å². The molecular weight excluding hydrogens is 494 g/mol. The van der Waals surface area contributed by atoms with E-state index in [9.17, 15) is 9.90 Å². The maximum absolute atomic E-state index is 12.4. The van der Waals surface area contributed by atoms with Crippen molar-refractivity contribution in [3.05, 3.63) is 65.4 Å². The number of nitrogens with zero attached hydrogens (tertiary/aromatic N) is 3. The van der Waals surface area contributed by atoms with E-state index in [4.69, 9.17) is 15.5 Å². The number of carbonyl (C=O) groups is 1. The molecule has 6 N–H and O–H groups in total. The maximum atomic E-state index is 12.4. The molecular formula is C29H35N7O3. The molecule has 10 nitrogen and oxygen atoms in total. The third-order valence-electron chi connectivity index (χ3n) is 6.94. The first-order chi connectivity index (χ1) is 18.9. The SMILES string of the molecule is CCc1c(CNCC(C)O)cccc1Nc1c(C(N)=O)cnc2[nH]c(-c3ccc(N4CCOCC4)cc3)nc12. The molecule has 10 heteroatoms. The average molecular weight is 530 g/mol. The summed E-state index contributed by atoms with van der Waals surface area (Å²) in [4.78, 5) is 27.3. The van der Waals surface area contributed by atoms with Crippen LogP contribution in [0.25, 0.3) is 22.6 Å². The van der Waals surface area contributed by atoms with Gasteiger partial charge < -0.3 is 36.1 Å². The van der Waals surface area contributed by atoms with Crippen LogP contribution in [0.3, 0.4) is 0 Å². The summed E-state index contributed by atoms with van der Waals surface area (Å²) in [7, 11) is 0. The highest BCUT2D eigenvalue weighted by molar-refractivity contribution is 6.06. The van der Waals surface area contributed by atoms with Crippen LogP contribution < -0.4 is 21.3 Å². The summed E-state index contributed by atoms with van der Waals surface area (Å²) in [6.45, 7) is 8.16. The quantitative estimate of drug-likeness (QED) is 0.211. The maximum Gasteiger partial charge on any atom is 0.252 e. The molecule has 1 unspecified atom stereocenters. The van der Waals surface area contributed by atoms with Gasteiger partial charge in [-0.15, -0.1) is 0 Å². The van der Waals surface area contributed by atoms with Crippen LogP contribution in [0, 0.1) is 0 Å². The van der Waals surface area contributed by atoms with Crippen LogP contribution in [0.15, 0.2) is 48.7 Å². The van der Waals surface area contributed by atoms with Gasteiger partial charge in [0.2, 0.25) is 0 Å². The number of fused-ring (bicyclic) bond motifs is 1. The number of aliphatic hydroxyl groups is 1. The van der Waals surface area contributed by atoms with E-state index >= 15 is 0 Å². The lowest BCUT2D eigenvalue weighted by Gasteiger charge is -2.28. The molecule has 39 heavy (non-hydrogen) atoms. The molecule has 5 rings (SSSR count). The van der Waals surface area contributed by atoms with E-state index in [0.717, 1.165) is 60.8 Å². The normalized spacial score (nSPS) is 14.5. The number of morpholine rings is 1. The Morgan fingerprint density at radius 3 is 2.67 bits per heavy atom. The van der Waals surface area contributed by atoms with Crippen LogP contribution in [0.2, 0.25) is 0 Å². The number of nitrogens with one attached hydrogen (secondary N) is 3. The van der Waals surface area contributed by atoms with E-state index < -0.39 is 12.0 Å². The predicted octanol–water partition coefficient (Wildman–Crippen LogP) is 3.34. The van der Waals surface area contributed by atoms with Crippen molar-refractivity contribution < 1.29 is 14.6 Å². The molecule has 0 radical (unpaired) electrons. The first-order valence-electron chi connectivity index (χ1n) is 13.3. The van der Waals surface area contributed by atoms with Crippen molar-refractivity contribution in [1.29, 1.82) is 0 Å². The van der Waals surface area contributed by atoms with E-state index in [1.165, 1.54) is 6.20 Å². The average Bonchev–Trinajstić information content (AvgIpc) is 3.39. The van der Waals surface area contributed by atoms with Gasteiger partial charge in [0, 0.05) is 49.3 Å². The first-order valence-corrected chi connectivity index (χ1v) is 13.3. The third-order valence-corrected chi connectivity index (χ3v) is 6.94. The molecule has 0 bridgehead atoms. The fourth-order valence-electron chi connectivity index (χ4n) is 4.94. The molecule has 1 fully saturated rings. The van der Waals surface area contributed by atoms with E-state index in [1.807, 2.05) is 24.3 Å². The Kier molecular flexibility index (Phi) is 8.06. The van der Waals surface area contributed by atoms with Gasteiger partial charge in [-0.2, -0.15) is 0 Å². The Bertz CT molecular complexity index is 1440. The van der Waals surface area contributed by atoms with E-state index in [2.05, 4.69) is 50.6 Å². The van der Waals surface area contributed by atoms with Crippen molar-refractivity contribution in [1.82, 2.24) is 20.3 Å². The Morgan fingerprint density at radius 2 is 1.97 bits per heavy atom. The van der Waals surface area contributed by atoms with Gasteiger partial charge in [-0.1, -0.05) is 19.1 Å². The van der Waals surface area contributed by atoms with Crippen LogP contribution >= 0.6 is 0 Å². The molecule has 2 aromatic carbocycles. The minimum absolute atomic E-state index is 0.267. The van der Waals surface area contributed by atoms with Crippen molar-refractivity contribution >= 4 is 34.1 Å². The second-order valence-corrected chi connectivity index (χ2v) is 9.74. The first kappa shape index (κ1) is 26.6. The van der Waals surface area contributed by atoms with Gasteiger partial charge >= 0.3 is 0 Å². The number of carbonyl (C=O) groups excluding carboxylic acids is 1. The number of hydrogen-bond acceptors (Lipinski definition) is 8. The smallest absolute Gasteiger partial charge is 0.252 e. The molecule has 4 aromatic rings. The summed E-state index contributed by atoms with van der Waals surface area (Å²) in [5, 5.41) is 16.3. The number of aromatic nitrogens is 3. The van der Waals surface area contributed by atoms with Crippen LogP contribution in [0.5, 0.6) is 0 Å². The molecule has 1 saturated heterocycles. The number of nitrogens with two attached hydrogens (primary N) is 1. The second-order valence-electron chi connectivity index (χ2n) is 9.74. The molecule has 2 aromatic heterocycles. The molecule has 0 aliphatic carbocycles. The van der Waals surface area contributed by atoms with E-state index in [1.54, 1.807) is 6.92 Å². The Morgan fingerprint density at radius 1 is 1.21 bits per heavy atom. The molecule has 204 valence electrons. The third kappa shape index (κ3) is 5.88. The Balaban J connectivity index is 1.48. The summed E-state index contributed by atoms with van der Waals surface area (Å²) in [5.74, 6) is 0.0709. The lowest BCUT2D eigenvalue weighted by Crippen LogP contribution is -2.36. The van der Waals surface area contributed by atoms with Crippen molar-refractivity contribution in [3.8, 4) is 11.4 Å². The number of aliphatic hydroxyl groups excluding tert-OH is 1. The van der Waals surface area contributed by atoms with Crippen LogP contribution in [-0.4, -0.2) is 64.9 Å². The fraction of sp³-hybridized carbons (Fsp3) is 0.345. The molecule has 0 spiro atoms. The molecule has 1 aliphatic heterocycles. The zero-order chi connectivity index (χ0) is 27.4. The Hall–Kier alpha value is -3.99. The highest BCUT2D eigenvalue weighted by Crippen LogP contribution is 2.33. The summed E-state index contributed by atoms with van der Waals surface area (Å²) in [5.41, 5.74) is 12.8. The van der Waals surface area contributed by atoms with Gasteiger partial charge in [0.1, 0.15) is 11.3 Å².